The van der Waals surface area contributed by atoms with E-state index in [1.54, 1.807) is 0 Å². The molecule has 1 aromatic rings. The summed E-state index contributed by atoms with van der Waals surface area (Å²) in [6, 6.07) is 2.25. The summed E-state index contributed by atoms with van der Waals surface area (Å²) in [4.78, 5) is 11.6. The zero-order chi connectivity index (χ0) is 23.3. The van der Waals surface area contributed by atoms with Gasteiger partial charge in [-0.3, -0.25) is 9.89 Å². The topological polar surface area (TPSA) is 99.0 Å². The number of allylic oxidation sites excluding steroid dienone is 1. The van der Waals surface area contributed by atoms with Gasteiger partial charge in [0.1, 0.15) is 0 Å². The second-order valence-electron chi connectivity index (χ2n) is 9.95. The maximum atomic E-state index is 12.7. The molecule has 3 saturated heterocycles. The molecule has 2 saturated carbocycles. The summed E-state index contributed by atoms with van der Waals surface area (Å²) in [5.41, 5.74) is 14.0. The van der Waals surface area contributed by atoms with Crippen LogP contribution in [-0.4, -0.2) is 59.6 Å². The number of nitrogen functional groups attached to an aromatic ring is 1. The van der Waals surface area contributed by atoms with Crippen LogP contribution in [0.4, 0.5) is 14.6 Å². The summed E-state index contributed by atoms with van der Waals surface area (Å²) in [6.45, 7) is 3.38. The van der Waals surface area contributed by atoms with E-state index in [1.807, 2.05) is 6.08 Å². The number of hydrogen-bond acceptors (Lipinski definition) is 7. The third-order valence-electron chi connectivity index (χ3n) is 7.76. The zero-order valence-corrected chi connectivity index (χ0v) is 19.2. The Hall–Kier alpha value is -2.26. The van der Waals surface area contributed by atoms with Gasteiger partial charge in [0.25, 0.3) is 0 Å². The fraction of sp³-hybridized carbons (Fsp3) is 0.667. The number of fused-ring (bicyclic) bond motifs is 3. The van der Waals surface area contributed by atoms with Crippen molar-refractivity contribution >= 4 is 17.2 Å². The molecule has 0 radical (unpaired) electrons. The van der Waals surface area contributed by atoms with Crippen molar-refractivity contribution in [2.45, 2.75) is 70.4 Å². The predicted molar refractivity (Wildman–Crippen MR) is 123 cm³/mol. The van der Waals surface area contributed by atoms with Crippen LogP contribution in [0.1, 0.15) is 45.1 Å². The Morgan fingerprint density at radius 2 is 1.97 bits per heavy atom. The molecular weight excluding hydrogens is 428 g/mol. The first-order valence-corrected chi connectivity index (χ1v) is 12.0. The van der Waals surface area contributed by atoms with Crippen LogP contribution in [0.25, 0.3) is 5.70 Å². The summed E-state index contributed by atoms with van der Waals surface area (Å²) in [5, 5.41) is 0. The molecule has 6 rings (SSSR count). The fourth-order valence-electron chi connectivity index (χ4n) is 5.85. The van der Waals surface area contributed by atoms with Crippen molar-refractivity contribution in [2.75, 3.05) is 18.8 Å². The van der Waals surface area contributed by atoms with Crippen molar-refractivity contribution in [3.63, 3.8) is 0 Å². The van der Waals surface area contributed by atoms with Gasteiger partial charge in [-0.05, 0) is 50.2 Å². The number of halogens is 2. The van der Waals surface area contributed by atoms with Gasteiger partial charge >= 0.3 is 6.61 Å². The molecule has 4 heterocycles. The average molecular weight is 462 g/mol. The molecule has 2 aliphatic carbocycles. The molecule has 5 fully saturated rings. The number of rotatable bonds is 8. The average Bonchev–Trinajstić information content (AvgIpc) is 3.26. The molecule has 5 unspecified atom stereocenters. The Balaban J connectivity index is 1.30. The molecule has 33 heavy (non-hydrogen) atoms. The lowest BCUT2D eigenvalue weighted by Gasteiger charge is -2.49. The van der Waals surface area contributed by atoms with Gasteiger partial charge in [0.2, 0.25) is 0 Å². The van der Waals surface area contributed by atoms with E-state index in [-0.39, 0.29) is 17.6 Å². The van der Waals surface area contributed by atoms with Crippen LogP contribution in [0.2, 0.25) is 0 Å². The fourth-order valence-corrected chi connectivity index (χ4v) is 5.85. The van der Waals surface area contributed by atoms with Crippen LogP contribution in [0.15, 0.2) is 23.3 Å². The van der Waals surface area contributed by atoms with Gasteiger partial charge in [0.15, 0.2) is 11.6 Å². The Bertz CT molecular complexity index is 927. The molecule has 2 bridgehead atoms. The number of piperidine rings is 1. The van der Waals surface area contributed by atoms with Gasteiger partial charge in [-0.2, -0.15) is 8.78 Å². The number of hydrogen-bond donors (Lipinski definition) is 2. The highest BCUT2D eigenvalue weighted by Crippen LogP contribution is 2.60. The van der Waals surface area contributed by atoms with E-state index in [2.05, 4.69) is 28.5 Å². The zero-order valence-electron chi connectivity index (χ0n) is 19.2. The molecule has 5 aliphatic rings. The lowest BCUT2D eigenvalue weighted by Crippen LogP contribution is -2.59. The normalized spacial score (nSPS) is 34.7. The third-order valence-corrected chi connectivity index (χ3v) is 7.76. The van der Waals surface area contributed by atoms with Crippen molar-refractivity contribution in [3.8, 4) is 5.75 Å². The van der Waals surface area contributed by atoms with E-state index >= 15 is 0 Å². The standard InChI is InChI=1S/C24H33F2N5O2/c1-3-12(2)30-20(8-19(27)13-4-21(33-24(25)26)23(28)29-9-13)22-17-5-14(6-18(17)22)31-10-15-7-16(11-31)32-15/h4,8-9,12,14-18,22,24H,3,5-7,10-11,27H2,1-2H3,(H2,28,29)/t12?,14?,15?,16?,17-,18+,22?. The minimum absolute atomic E-state index is 0.0936. The number of morpholine rings is 1. The van der Waals surface area contributed by atoms with Crippen LogP contribution < -0.4 is 16.2 Å². The smallest absolute Gasteiger partial charge is 0.387 e. The van der Waals surface area contributed by atoms with Gasteiger partial charge in [0, 0.05) is 60.7 Å². The largest absolute Gasteiger partial charge is 0.431 e. The number of alkyl halides is 2. The Morgan fingerprint density at radius 1 is 1.30 bits per heavy atom. The second kappa shape index (κ2) is 8.83. The van der Waals surface area contributed by atoms with Crippen LogP contribution in [0, 0.1) is 17.8 Å². The van der Waals surface area contributed by atoms with Gasteiger partial charge in [-0.25, -0.2) is 4.98 Å². The van der Waals surface area contributed by atoms with Gasteiger partial charge in [0.05, 0.1) is 12.2 Å². The number of nitrogens with zero attached hydrogens (tertiary/aromatic N) is 3. The van der Waals surface area contributed by atoms with Gasteiger partial charge < -0.3 is 20.9 Å². The summed E-state index contributed by atoms with van der Waals surface area (Å²) in [6.07, 6.45) is 8.80. The van der Waals surface area contributed by atoms with E-state index in [9.17, 15) is 8.78 Å². The number of aliphatic imine (C=N–C) groups is 1. The van der Waals surface area contributed by atoms with Crippen molar-refractivity contribution in [2.24, 2.45) is 28.5 Å². The highest BCUT2D eigenvalue weighted by atomic mass is 19.3. The maximum Gasteiger partial charge on any atom is 0.387 e. The van der Waals surface area contributed by atoms with Crippen LogP contribution in [-0.2, 0) is 4.74 Å². The summed E-state index contributed by atoms with van der Waals surface area (Å²) < 4.78 is 35.6. The lowest BCUT2D eigenvalue weighted by molar-refractivity contribution is -0.188. The molecule has 4 N–H and O–H groups in total. The van der Waals surface area contributed by atoms with Crippen LogP contribution >= 0.6 is 0 Å². The summed E-state index contributed by atoms with van der Waals surface area (Å²) >= 11 is 0. The summed E-state index contributed by atoms with van der Waals surface area (Å²) in [5.74, 6) is 1.40. The first kappa shape index (κ1) is 22.5. The number of aromatic nitrogens is 1. The van der Waals surface area contributed by atoms with Crippen molar-refractivity contribution in [1.29, 1.82) is 0 Å². The molecule has 9 heteroatoms. The van der Waals surface area contributed by atoms with Crippen molar-refractivity contribution in [1.82, 2.24) is 9.88 Å². The van der Waals surface area contributed by atoms with E-state index in [1.165, 1.54) is 31.5 Å². The number of ether oxygens (including phenoxy) is 2. The van der Waals surface area contributed by atoms with Crippen LogP contribution in [0.3, 0.4) is 0 Å². The molecule has 7 nitrogen and oxygen atoms in total. The van der Waals surface area contributed by atoms with E-state index in [4.69, 9.17) is 21.2 Å². The summed E-state index contributed by atoms with van der Waals surface area (Å²) in [7, 11) is 0. The highest BCUT2D eigenvalue weighted by molar-refractivity contribution is 6.04. The van der Waals surface area contributed by atoms with Crippen molar-refractivity contribution < 1.29 is 18.3 Å². The number of pyridine rings is 1. The molecule has 180 valence electrons. The minimum atomic E-state index is -2.98. The van der Waals surface area contributed by atoms with Gasteiger partial charge in [-0.15, -0.1) is 0 Å². The SMILES string of the molecule is CCC(C)N=C(C=C(N)c1cnc(N)c(OC(F)F)c1)C1[C@H]2CC(N3CC4CC(C3)O4)C[C@@H]12. The monoisotopic (exact) mass is 461 g/mol. The third kappa shape index (κ3) is 4.57. The molecule has 0 amide bonds. The van der Waals surface area contributed by atoms with Gasteiger partial charge in [-0.1, -0.05) is 6.92 Å². The highest BCUT2D eigenvalue weighted by Gasteiger charge is 2.59. The van der Waals surface area contributed by atoms with Crippen molar-refractivity contribution in [3.05, 3.63) is 23.9 Å². The number of anilines is 1. The minimum Gasteiger partial charge on any atom is -0.431 e. The first-order chi connectivity index (χ1) is 15.8. The predicted octanol–water partition coefficient (Wildman–Crippen LogP) is 3.30. The number of nitrogens with two attached hydrogens (primary N) is 2. The lowest BCUT2D eigenvalue weighted by atomic mass is 9.94. The molecular formula is C24H33F2N5O2. The van der Waals surface area contributed by atoms with E-state index in [0.717, 1.165) is 25.2 Å². The van der Waals surface area contributed by atoms with E-state index in [0.29, 0.717) is 47.3 Å². The Labute approximate surface area is 193 Å². The first-order valence-electron chi connectivity index (χ1n) is 12.0. The molecule has 1 aromatic heterocycles. The second-order valence-corrected chi connectivity index (χ2v) is 9.95. The quantitative estimate of drug-likeness (QED) is 0.577. The maximum absolute atomic E-state index is 12.7. The molecule has 7 atom stereocenters. The van der Waals surface area contributed by atoms with E-state index < -0.39 is 6.61 Å². The molecule has 3 aliphatic heterocycles. The Morgan fingerprint density at radius 3 is 2.58 bits per heavy atom. The Kier molecular flexibility index (Phi) is 6.03. The van der Waals surface area contributed by atoms with Crippen LogP contribution in [0.5, 0.6) is 5.75 Å². The molecule has 0 aromatic carbocycles. The molecule has 0 spiro atoms.